The van der Waals surface area contributed by atoms with Gasteiger partial charge in [0.2, 0.25) is 10.0 Å². The molecule has 1 fully saturated rings. The number of hydrogen-bond donors (Lipinski definition) is 0. The Kier molecular flexibility index (Phi) is 9.08. The van der Waals surface area contributed by atoms with Crippen molar-refractivity contribution < 1.29 is 18.0 Å². The molecule has 190 valence electrons. The number of benzene rings is 2. The molecule has 2 aromatic carbocycles. The molecule has 7 nitrogen and oxygen atoms in total. The van der Waals surface area contributed by atoms with E-state index in [0.717, 1.165) is 6.42 Å². The molecule has 8 heteroatoms. The van der Waals surface area contributed by atoms with E-state index >= 15 is 0 Å². The highest BCUT2D eigenvalue weighted by Gasteiger charge is 2.31. The molecule has 1 aliphatic rings. The van der Waals surface area contributed by atoms with Crippen molar-refractivity contribution in [2.75, 3.05) is 32.7 Å². The van der Waals surface area contributed by atoms with Gasteiger partial charge in [0.15, 0.2) is 0 Å². The number of piperidine rings is 1. The summed E-state index contributed by atoms with van der Waals surface area (Å²) in [5.41, 5.74) is 1.69. The summed E-state index contributed by atoms with van der Waals surface area (Å²) in [6.45, 7) is 9.91. The smallest absolute Gasteiger partial charge is 0.254 e. The van der Waals surface area contributed by atoms with Crippen LogP contribution in [0.4, 0.5) is 0 Å². The van der Waals surface area contributed by atoms with Crippen LogP contribution in [0.1, 0.15) is 66.3 Å². The van der Waals surface area contributed by atoms with E-state index < -0.39 is 10.0 Å². The molecule has 1 aliphatic heterocycles. The molecular formula is C27H37N3O4S. The largest absolute Gasteiger partial charge is 0.338 e. The van der Waals surface area contributed by atoms with Crippen molar-refractivity contribution in [3.63, 3.8) is 0 Å². The highest BCUT2D eigenvalue weighted by Crippen LogP contribution is 2.25. The Hall–Kier alpha value is -2.71. The molecule has 2 aromatic rings. The summed E-state index contributed by atoms with van der Waals surface area (Å²) in [5, 5.41) is 0. The van der Waals surface area contributed by atoms with Crippen LogP contribution in [0.25, 0.3) is 0 Å². The molecule has 0 atom stereocenters. The summed E-state index contributed by atoms with van der Waals surface area (Å²) in [6, 6.07) is 14.2. The summed E-state index contributed by atoms with van der Waals surface area (Å²) >= 11 is 0. The highest BCUT2D eigenvalue weighted by molar-refractivity contribution is 7.89. The van der Waals surface area contributed by atoms with E-state index in [1.165, 1.54) is 10.4 Å². The fourth-order valence-electron chi connectivity index (χ4n) is 4.71. The van der Waals surface area contributed by atoms with Crippen molar-refractivity contribution in [2.24, 2.45) is 0 Å². The van der Waals surface area contributed by atoms with Crippen LogP contribution in [0.5, 0.6) is 0 Å². The van der Waals surface area contributed by atoms with Gasteiger partial charge in [-0.25, -0.2) is 8.42 Å². The number of hydrogen-bond acceptors (Lipinski definition) is 4. The zero-order valence-electron chi connectivity index (χ0n) is 21.2. The maximum absolute atomic E-state index is 13.6. The Bertz CT molecular complexity index is 1120. The second-order valence-corrected chi connectivity index (χ2v) is 10.9. The average Bonchev–Trinajstić information content (AvgIpc) is 2.88. The Labute approximate surface area is 209 Å². The lowest BCUT2D eigenvalue weighted by atomic mass is 10.0. The Morgan fingerprint density at radius 3 is 2.14 bits per heavy atom. The Morgan fingerprint density at radius 1 is 0.943 bits per heavy atom. The summed E-state index contributed by atoms with van der Waals surface area (Å²) in [6.07, 6.45) is 2.19. The van der Waals surface area contributed by atoms with Crippen LogP contribution in [0, 0.1) is 6.92 Å². The predicted molar refractivity (Wildman–Crippen MR) is 138 cm³/mol. The first-order valence-electron chi connectivity index (χ1n) is 12.5. The Morgan fingerprint density at radius 2 is 1.57 bits per heavy atom. The van der Waals surface area contributed by atoms with E-state index in [1.807, 2.05) is 60.9 Å². The minimum atomic E-state index is -3.68. The quantitative estimate of drug-likeness (QED) is 0.519. The van der Waals surface area contributed by atoms with Crippen LogP contribution >= 0.6 is 0 Å². The van der Waals surface area contributed by atoms with E-state index in [2.05, 4.69) is 0 Å². The second-order valence-electron chi connectivity index (χ2n) is 8.96. The van der Waals surface area contributed by atoms with Crippen molar-refractivity contribution >= 4 is 21.8 Å². The van der Waals surface area contributed by atoms with E-state index in [-0.39, 0.29) is 22.8 Å². The highest BCUT2D eigenvalue weighted by atomic mass is 32.2. The van der Waals surface area contributed by atoms with Crippen LogP contribution in [0.3, 0.4) is 0 Å². The van der Waals surface area contributed by atoms with Gasteiger partial charge in [-0.1, -0.05) is 45.0 Å². The van der Waals surface area contributed by atoms with E-state index in [0.29, 0.717) is 62.3 Å². The molecule has 0 spiro atoms. The predicted octanol–water partition coefficient (Wildman–Crippen LogP) is 4.18. The first-order chi connectivity index (χ1) is 16.7. The summed E-state index contributed by atoms with van der Waals surface area (Å²) < 4.78 is 27.7. The van der Waals surface area contributed by atoms with Gasteiger partial charge in [0.05, 0.1) is 4.90 Å². The molecule has 0 N–H and O–H groups in total. The summed E-state index contributed by atoms with van der Waals surface area (Å²) in [4.78, 5) is 30.3. The van der Waals surface area contributed by atoms with Gasteiger partial charge in [-0.15, -0.1) is 0 Å². The fraction of sp³-hybridized carbons (Fsp3) is 0.481. The molecule has 0 radical (unpaired) electrons. The molecule has 1 heterocycles. The minimum absolute atomic E-state index is 0.00594. The van der Waals surface area contributed by atoms with E-state index in [1.54, 1.807) is 19.1 Å². The Balaban J connectivity index is 1.79. The lowest BCUT2D eigenvalue weighted by molar-refractivity contribution is 0.0519. The molecule has 0 aliphatic carbocycles. The molecule has 3 rings (SSSR count). The third kappa shape index (κ3) is 5.93. The lowest BCUT2D eigenvalue weighted by Gasteiger charge is -2.38. The average molecular weight is 500 g/mol. The lowest BCUT2D eigenvalue weighted by Crippen LogP contribution is -2.49. The monoisotopic (exact) mass is 499 g/mol. The number of likely N-dealkylation sites (tertiary alicyclic amines) is 1. The van der Waals surface area contributed by atoms with Gasteiger partial charge in [0.25, 0.3) is 11.8 Å². The summed E-state index contributed by atoms with van der Waals surface area (Å²) in [5.74, 6) is -0.141. The number of aryl methyl sites for hydroxylation is 1. The van der Waals surface area contributed by atoms with Crippen LogP contribution in [-0.4, -0.2) is 73.1 Å². The molecule has 35 heavy (non-hydrogen) atoms. The molecule has 2 amide bonds. The van der Waals surface area contributed by atoms with Crippen molar-refractivity contribution in [3.05, 3.63) is 65.2 Å². The normalized spacial score (nSPS) is 14.8. The second kappa shape index (κ2) is 11.8. The third-order valence-electron chi connectivity index (χ3n) is 6.70. The SMILES string of the molecule is CCCN(C(=O)c1ccc(C)c(S(=O)(=O)N(CC)CC)c1)C1CCN(C(=O)c2ccccc2)CC1. The molecular weight excluding hydrogens is 462 g/mol. The van der Waals surface area contributed by atoms with Crippen LogP contribution in [0.15, 0.2) is 53.4 Å². The molecule has 0 unspecified atom stereocenters. The van der Waals surface area contributed by atoms with Crippen LogP contribution in [-0.2, 0) is 10.0 Å². The number of carbonyl (C=O) groups excluding carboxylic acids is 2. The number of rotatable bonds is 9. The van der Waals surface area contributed by atoms with Gasteiger partial charge < -0.3 is 9.80 Å². The number of nitrogens with zero attached hydrogens (tertiary/aromatic N) is 3. The van der Waals surface area contributed by atoms with Gasteiger partial charge >= 0.3 is 0 Å². The molecule has 1 saturated heterocycles. The van der Waals surface area contributed by atoms with Crippen LogP contribution < -0.4 is 0 Å². The van der Waals surface area contributed by atoms with E-state index in [4.69, 9.17) is 0 Å². The molecule has 0 bridgehead atoms. The standard InChI is InChI=1S/C27H37N3O4S/c1-5-17-30(24-15-18-28(19-16-24)26(31)22-11-9-8-10-12-22)27(32)23-14-13-21(4)25(20-23)35(33,34)29(6-2)7-3/h8-14,20,24H,5-7,15-19H2,1-4H3. The third-order valence-corrected chi connectivity index (χ3v) is 8.89. The molecule has 0 saturated carbocycles. The first-order valence-corrected chi connectivity index (χ1v) is 13.9. The maximum atomic E-state index is 13.6. The fourth-order valence-corrected chi connectivity index (χ4v) is 6.42. The first kappa shape index (κ1) is 26.9. The minimum Gasteiger partial charge on any atom is -0.338 e. The zero-order valence-corrected chi connectivity index (χ0v) is 22.1. The number of amides is 2. The van der Waals surface area contributed by atoms with Gasteiger partial charge in [0, 0.05) is 49.9 Å². The number of carbonyl (C=O) groups is 2. The van der Waals surface area contributed by atoms with Crippen molar-refractivity contribution in [3.8, 4) is 0 Å². The maximum Gasteiger partial charge on any atom is 0.254 e. The van der Waals surface area contributed by atoms with Gasteiger partial charge in [0.1, 0.15) is 0 Å². The van der Waals surface area contributed by atoms with Crippen molar-refractivity contribution in [2.45, 2.75) is 57.9 Å². The van der Waals surface area contributed by atoms with Crippen molar-refractivity contribution in [1.82, 2.24) is 14.1 Å². The van der Waals surface area contributed by atoms with Gasteiger partial charge in [-0.3, -0.25) is 9.59 Å². The van der Waals surface area contributed by atoms with E-state index in [9.17, 15) is 18.0 Å². The zero-order chi connectivity index (χ0) is 25.6. The van der Waals surface area contributed by atoms with Gasteiger partial charge in [-0.2, -0.15) is 4.31 Å². The van der Waals surface area contributed by atoms with Crippen LogP contribution in [0.2, 0.25) is 0 Å². The van der Waals surface area contributed by atoms with Gasteiger partial charge in [-0.05, 0) is 56.0 Å². The number of sulfonamides is 1. The molecule has 0 aromatic heterocycles. The topological polar surface area (TPSA) is 78.0 Å². The summed E-state index contributed by atoms with van der Waals surface area (Å²) in [7, 11) is -3.68. The van der Waals surface area contributed by atoms with Crippen molar-refractivity contribution in [1.29, 1.82) is 0 Å².